The first-order valence-corrected chi connectivity index (χ1v) is 9.39. The second-order valence-corrected chi connectivity index (χ2v) is 7.23. The molecular weight excluding hydrogens is 352 g/mol. The normalized spacial score (nSPS) is 12.6. The van der Waals surface area contributed by atoms with E-state index in [1.165, 1.54) is 4.57 Å². The molecule has 0 fully saturated rings. The van der Waals surface area contributed by atoms with Gasteiger partial charge in [-0.25, -0.2) is 4.98 Å². The second kappa shape index (κ2) is 8.69. The molecule has 3 rings (SSSR count). The third-order valence-electron chi connectivity index (χ3n) is 4.18. The maximum atomic E-state index is 12.7. The number of imidazole rings is 1. The van der Waals surface area contributed by atoms with Crippen LogP contribution in [0.5, 0.6) is 0 Å². The summed E-state index contributed by atoms with van der Waals surface area (Å²) in [5, 5.41) is 0.511. The highest BCUT2D eigenvalue weighted by Gasteiger charge is 2.19. The van der Waals surface area contributed by atoms with Crippen LogP contribution in [-0.2, 0) is 12.5 Å². The van der Waals surface area contributed by atoms with Crippen LogP contribution in [0.15, 0.2) is 46.2 Å². The minimum absolute atomic E-state index is 0.158. The molecule has 1 aromatic carbocycles. The topological polar surface area (TPSA) is 83.5 Å². The number of rotatable bonds is 2. The fourth-order valence-electron chi connectivity index (χ4n) is 2.80. The van der Waals surface area contributed by atoms with Crippen molar-refractivity contribution in [2.45, 2.75) is 40.0 Å². The summed E-state index contributed by atoms with van der Waals surface area (Å²) >= 11 is 0. The zero-order valence-corrected chi connectivity index (χ0v) is 17.3. The Morgan fingerprint density at radius 2 is 1.68 bits per heavy atom. The van der Waals surface area contributed by atoms with Crippen LogP contribution < -0.4 is 21.8 Å². The number of H-pyrrole nitrogens is 2. The van der Waals surface area contributed by atoms with E-state index >= 15 is 0 Å². The molecular formula is C22H28N4O2. The number of nitrogens with zero attached hydrogens (tertiary/aromatic N) is 2. The van der Waals surface area contributed by atoms with Crippen molar-refractivity contribution in [1.82, 2.24) is 19.5 Å². The van der Waals surface area contributed by atoms with Crippen molar-refractivity contribution in [2.24, 2.45) is 7.05 Å². The third-order valence-corrected chi connectivity index (χ3v) is 4.18. The summed E-state index contributed by atoms with van der Waals surface area (Å²) in [5.41, 5.74) is 1.64. The molecule has 0 bridgehead atoms. The van der Waals surface area contributed by atoms with Crippen LogP contribution in [0.25, 0.3) is 12.2 Å². The van der Waals surface area contributed by atoms with Gasteiger partial charge in [-0.3, -0.25) is 9.59 Å². The monoisotopic (exact) mass is 380 g/mol. The minimum Gasteiger partial charge on any atom is -0.348 e. The summed E-state index contributed by atoms with van der Waals surface area (Å²) in [6, 6.07) is 9.42. The van der Waals surface area contributed by atoms with Crippen molar-refractivity contribution >= 4 is 12.2 Å². The average molecular weight is 380 g/mol. The van der Waals surface area contributed by atoms with Crippen LogP contribution in [0.2, 0.25) is 0 Å². The number of nitrogens with one attached hydrogen (secondary N) is 2. The highest BCUT2D eigenvalue weighted by Crippen LogP contribution is 2.22. The van der Waals surface area contributed by atoms with E-state index in [1.807, 2.05) is 44.2 Å². The summed E-state index contributed by atoms with van der Waals surface area (Å²) in [4.78, 5) is 35.3. The van der Waals surface area contributed by atoms with Gasteiger partial charge in [0.05, 0.1) is 12.0 Å². The van der Waals surface area contributed by atoms with Gasteiger partial charge >= 0.3 is 0 Å². The van der Waals surface area contributed by atoms with Crippen LogP contribution >= 0.6 is 0 Å². The van der Waals surface area contributed by atoms with E-state index in [2.05, 4.69) is 35.7 Å². The zero-order chi connectivity index (χ0) is 20.9. The van der Waals surface area contributed by atoms with Gasteiger partial charge in [0.15, 0.2) is 0 Å². The molecule has 28 heavy (non-hydrogen) atoms. The lowest BCUT2D eigenvalue weighted by atomic mass is 9.90. The summed E-state index contributed by atoms with van der Waals surface area (Å²) in [6.45, 7) is 10.2. The van der Waals surface area contributed by atoms with Crippen molar-refractivity contribution in [3.05, 3.63) is 85.0 Å². The molecule has 2 aromatic heterocycles. The van der Waals surface area contributed by atoms with Crippen LogP contribution in [0.3, 0.4) is 0 Å². The van der Waals surface area contributed by atoms with Gasteiger partial charge in [0.1, 0.15) is 10.7 Å². The Morgan fingerprint density at radius 3 is 2.29 bits per heavy atom. The molecule has 0 aliphatic rings. The van der Waals surface area contributed by atoms with E-state index < -0.39 is 0 Å². The van der Waals surface area contributed by atoms with Gasteiger partial charge in [0.25, 0.3) is 11.1 Å². The van der Waals surface area contributed by atoms with Gasteiger partial charge in [0.2, 0.25) is 0 Å². The third kappa shape index (κ3) is 4.57. The Morgan fingerprint density at radius 1 is 1.04 bits per heavy atom. The van der Waals surface area contributed by atoms with Crippen LogP contribution in [0.1, 0.15) is 51.6 Å². The van der Waals surface area contributed by atoms with Gasteiger partial charge in [-0.15, -0.1) is 0 Å². The fraction of sp³-hybridized carbons (Fsp3) is 0.318. The largest absolute Gasteiger partial charge is 0.348 e. The maximum Gasteiger partial charge on any atom is 0.274 e. The molecule has 0 radical (unpaired) electrons. The van der Waals surface area contributed by atoms with Gasteiger partial charge in [-0.1, -0.05) is 65.0 Å². The molecule has 0 amide bonds. The number of benzene rings is 1. The van der Waals surface area contributed by atoms with Crippen LogP contribution in [0.4, 0.5) is 0 Å². The summed E-state index contributed by atoms with van der Waals surface area (Å²) in [5.74, 6) is 0. The van der Waals surface area contributed by atoms with Gasteiger partial charge in [-0.05, 0) is 17.7 Å². The molecule has 0 aliphatic carbocycles. The number of hydrogen-bond donors (Lipinski definition) is 2. The van der Waals surface area contributed by atoms with Crippen LogP contribution in [-0.4, -0.2) is 19.5 Å². The Hall–Kier alpha value is -3.15. The molecule has 148 valence electrons. The standard InChI is InChI=1S/C20H22N4O2.C2H6/c1-20(2,3)17-14(21-12-22-17)11-15-19(26)24(4)16(18(25)23-15)10-13-8-6-5-7-9-13;1-2/h5-12H,1-4H3,(H,21,22)(H,23,25);1-2H3/b15-11-,16-10-;. The van der Waals surface area contributed by atoms with Crippen molar-refractivity contribution in [2.75, 3.05) is 0 Å². The van der Waals surface area contributed by atoms with Gasteiger partial charge in [0, 0.05) is 18.2 Å². The van der Waals surface area contributed by atoms with Gasteiger partial charge < -0.3 is 14.5 Å². The van der Waals surface area contributed by atoms with E-state index in [0.717, 1.165) is 11.3 Å². The van der Waals surface area contributed by atoms with E-state index in [0.29, 0.717) is 11.0 Å². The van der Waals surface area contributed by atoms with Crippen molar-refractivity contribution in [3.63, 3.8) is 0 Å². The fourth-order valence-corrected chi connectivity index (χ4v) is 2.80. The molecule has 0 aliphatic heterocycles. The molecule has 6 nitrogen and oxygen atoms in total. The molecule has 0 saturated carbocycles. The highest BCUT2D eigenvalue weighted by atomic mass is 16.1. The van der Waals surface area contributed by atoms with Crippen molar-refractivity contribution in [3.8, 4) is 0 Å². The van der Waals surface area contributed by atoms with Gasteiger partial charge in [-0.2, -0.15) is 0 Å². The van der Waals surface area contributed by atoms with Crippen LogP contribution in [0, 0.1) is 0 Å². The summed E-state index contributed by atoms with van der Waals surface area (Å²) in [6.07, 6.45) is 4.90. The molecule has 2 heterocycles. The second-order valence-electron chi connectivity index (χ2n) is 7.23. The Balaban J connectivity index is 0.00000136. The number of aromatic nitrogens is 4. The summed E-state index contributed by atoms with van der Waals surface area (Å²) < 4.78 is 1.36. The first kappa shape index (κ1) is 21.2. The van der Waals surface area contributed by atoms with Crippen molar-refractivity contribution < 1.29 is 0 Å². The smallest absolute Gasteiger partial charge is 0.274 e. The Kier molecular flexibility index (Phi) is 6.57. The Labute approximate surface area is 164 Å². The SMILES string of the molecule is CC.Cn1c(=O)/c(=C/c2nc[nH]c2C(C)(C)C)[nH]c(=O)/c1=C/c1ccccc1. The molecule has 6 heteroatoms. The Bertz CT molecular complexity index is 1160. The van der Waals surface area contributed by atoms with E-state index in [1.54, 1.807) is 25.5 Å². The maximum absolute atomic E-state index is 12.7. The lowest BCUT2D eigenvalue weighted by molar-refractivity contribution is 0.571. The molecule has 0 spiro atoms. The van der Waals surface area contributed by atoms with E-state index in [4.69, 9.17) is 0 Å². The zero-order valence-electron chi connectivity index (χ0n) is 17.3. The summed E-state index contributed by atoms with van der Waals surface area (Å²) in [7, 11) is 1.60. The lowest BCUT2D eigenvalue weighted by Gasteiger charge is -2.16. The molecule has 2 N–H and O–H groups in total. The molecule has 3 aromatic rings. The first-order chi connectivity index (χ1) is 13.3. The number of aromatic amines is 2. The quantitative estimate of drug-likeness (QED) is 0.711. The predicted molar refractivity (Wildman–Crippen MR) is 114 cm³/mol. The van der Waals surface area contributed by atoms with E-state index in [9.17, 15) is 9.59 Å². The lowest BCUT2D eigenvalue weighted by Crippen LogP contribution is -2.52. The molecule has 0 saturated heterocycles. The van der Waals surface area contributed by atoms with Crippen molar-refractivity contribution in [1.29, 1.82) is 0 Å². The molecule has 0 unspecified atom stereocenters. The average Bonchev–Trinajstić information content (AvgIpc) is 3.14. The van der Waals surface area contributed by atoms with E-state index in [-0.39, 0.29) is 21.9 Å². The molecule has 0 atom stereocenters. The highest BCUT2D eigenvalue weighted by molar-refractivity contribution is 5.49. The number of hydrogen-bond acceptors (Lipinski definition) is 3. The predicted octanol–water partition coefficient (Wildman–Crippen LogP) is 1.78. The first-order valence-electron chi connectivity index (χ1n) is 9.39. The minimum atomic E-state index is -0.324.